The molecule has 111 valence electrons. The summed E-state index contributed by atoms with van der Waals surface area (Å²) in [5.74, 6) is 0.817. The Morgan fingerprint density at radius 2 is 1.95 bits per heavy atom. The van der Waals surface area contributed by atoms with Gasteiger partial charge in [-0.3, -0.25) is 4.79 Å². The molecule has 22 heavy (non-hydrogen) atoms. The number of benzene rings is 1. The Morgan fingerprint density at radius 1 is 1.14 bits per heavy atom. The van der Waals surface area contributed by atoms with Crippen LogP contribution in [0.25, 0.3) is 5.52 Å². The van der Waals surface area contributed by atoms with E-state index in [2.05, 4.69) is 22.4 Å². The Kier molecular flexibility index (Phi) is 4.49. The van der Waals surface area contributed by atoms with E-state index >= 15 is 0 Å². The minimum atomic E-state index is -0.0522. The first-order valence-electron chi connectivity index (χ1n) is 7.39. The van der Waals surface area contributed by atoms with Gasteiger partial charge in [0.25, 0.3) is 0 Å². The highest BCUT2D eigenvalue weighted by molar-refractivity contribution is 5.84. The zero-order valence-electron chi connectivity index (χ0n) is 12.3. The molecule has 1 radical (unpaired) electrons. The highest BCUT2D eigenvalue weighted by atomic mass is 16.1. The molecule has 0 spiro atoms. The highest BCUT2D eigenvalue weighted by Gasteiger charge is 2.07. The third-order valence-corrected chi connectivity index (χ3v) is 3.54. The van der Waals surface area contributed by atoms with Gasteiger partial charge in [0.1, 0.15) is 5.82 Å². The fourth-order valence-corrected chi connectivity index (χ4v) is 2.38. The second-order valence-corrected chi connectivity index (χ2v) is 5.10. The molecule has 0 saturated carbocycles. The quantitative estimate of drug-likeness (QED) is 0.758. The summed E-state index contributed by atoms with van der Waals surface area (Å²) in [6.45, 7) is 0.641. The van der Waals surface area contributed by atoms with Gasteiger partial charge in [0.15, 0.2) is 0 Å². The number of imidazole rings is 1. The Balaban J connectivity index is 1.46. The van der Waals surface area contributed by atoms with Crippen molar-refractivity contribution in [2.24, 2.45) is 0 Å². The maximum atomic E-state index is 11.9. The van der Waals surface area contributed by atoms with Crippen LogP contribution in [-0.4, -0.2) is 21.8 Å². The lowest BCUT2D eigenvalue weighted by atomic mass is 10.1. The SMILES string of the molecule is O=C([CH]Cc1ncc2ccccn12)NCCc1ccccc1. The number of fused-ring (bicyclic) bond motifs is 1. The summed E-state index contributed by atoms with van der Waals surface area (Å²) in [6.07, 6.45) is 6.78. The Hall–Kier alpha value is -2.62. The molecule has 1 aromatic carbocycles. The van der Waals surface area contributed by atoms with Gasteiger partial charge >= 0.3 is 0 Å². The average Bonchev–Trinajstić information content (AvgIpc) is 2.97. The van der Waals surface area contributed by atoms with Crippen molar-refractivity contribution in [1.29, 1.82) is 0 Å². The number of pyridine rings is 1. The molecule has 0 aliphatic carbocycles. The van der Waals surface area contributed by atoms with Crippen molar-refractivity contribution in [2.75, 3.05) is 6.54 Å². The number of carbonyl (C=O) groups is 1. The van der Waals surface area contributed by atoms with Crippen molar-refractivity contribution < 1.29 is 4.79 Å². The number of carbonyl (C=O) groups excluding carboxylic acids is 1. The average molecular weight is 292 g/mol. The smallest absolute Gasteiger partial charge is 0.224 e. The summed E-state index contributed by atoms with van der Waals surface area (Å²) in [5, 5.41) is 2.91. The van der Waals surface area contributed by atoms with E-state index in [4.69, 9.17) is 0 Å². The van der Waals surface area contributed by atoms with E-state index in [1.807, 2.05) is 53.2 Å². The van der Waals surface area contributed by atoms with Gasteiger partial charge < -0.3 is 9.72 Å². The molecule has 4 heteroatoms. The van der Waals surface area contributed by atoms with Crippen LogP contribution in [0.1, 0.15) is 11.4 Å². The number of amides is 1. The van der Waals surface area contributed by atoms with E-state index in [-0.39, 0.29) is 5.91 Å². The van der Waals surface area contributed by atoms with Crippen LogP contribution < -0.4 is 5.32 Å². The van der Waals surface area contributed by atoms with Gasteiger partial charge in [0, 0.05) is 19.2 Å². The fourth-order valence-electron chi connectivity index (χ4n) is 2.38. The van der Waals surface area contributed by atoms with Gasteiger partial charge in [-0.05, 0) is 24.1 Å². The number of hydrogen-bond donors (Lipinski definition) is 1. The predicted octanol–water partition coefficient (Wildman–Crippen LogP) is 2.44. The van der Waals surface area contributed by atoms with Crippen molar-refractivity contribution in [3.8, 4) is 0 Å². The van der Waals surface area contributed by atoms with E-state index in [1.165, 1.54) is 5.56 Å². The van der Waals surface area contributed by atoms with Crippen molar-refractivity contribution in [3.05, 3.63) is 78.7 Å². The number of aromatic nitrogens is 2. The molecule has 0 fully saturated rings. The molecule has 0 aliphatic heterocycles. The van der Waals surface area contributed by atoms with Crippen molar-refractivity contribution in [1.82, 2.24) is 14.7 Å². The third-order valence-electron chi connectivity index (χ3n) is 3.54. The molecule has 0 atom stereocenters. The molecule has 3 aromatic rings. The summed E-state index contributed by atoms with van der Waals surface area (Å²) in [7, 11) is 0. The van der Waals surface area contributed by atoms with Gasteiger partial charge in [-0.25, -0.2) is 4.98 Å². The van der Waals surface area contributed by atoms with E-state index in [0.717, 1.165) is 17.8 Å². The summed E-state index contributed by atoms with van der Waals surface area (Å²) in [4.78, 5) is 16.2. The molecule has 1 amide bonds. The van der Waals surface area contributed by atoms with Crippen LogP contribution in [0.2, 0.25) is 0 Å². The zero-order valence-corrected chi connectivity index (χ0v) is 12.3. The molecule has 0 aliphatic rings. The van der Waals surface area contributed by atoms with Crippen molar-refractivity contribution in [3.63, 3.8) is 0 Å². The van der Waals surface area contributed by atoms with Crippen LogP contribution in [0.15, 0.2) is 60.9 Å². The molecule has 3 rings (SSSR count). The Bertz CT molecular complexity index is 749. The van der Waals surface area contributed by atoms with E-state index in [1.54, 1.807) is 6.42 Å². The highest BCUT2D eigenvalue weighted by Crippen LogP contribution is 2.07. The maximum absolute atomic E-state index is 11.9. The van der Waals surface area contributed by atoms with Crippen molar-refractivity contribution in [2.45, 2.75) is 12.8 Å². The monoisotopic (exact) mass is 292 g/mol. The van der Waals surface area contributed by atoms with Gasteiger partial charge in [0.2, 0.25) is 5.91 Å². The molecular formula is C18H18N3O. The number of hydrogen-bond acceptors (Lipinski definition) is 2. The van der Waals surface area contributed by atoms with Crippen LogP contribution in [0.3, 0.4) is 0 Å². The minimum absolute atomic E-state index is 0.0522. The molecular weight excluding hydrogens is 274 g/mol. The predicted molar refractivity (Wildman–Crippen MR) is 86.4 cm³/mol. The summed E-state index contributed by atoms with van der Waals surface area (Å²) >= 11 is 0. The number of rotatable bonds is 6. The lowest BCUT2D eigenvalue weighted by molar-refractivity contribution is -0.117. The van der Waals surface area contributed by atoms with E-state index in [0.29, 0.717) is 13.0 Å². The van der Waals surface area contributed by atoms with Gasteiger partial charge in [0.05, 0.1) is 18.1 Å². The Labute approximate surface area is 129 Å². The molecule has 1 N–H and O–H groups in total. The van der Waals surface area contributed by atoms with Gasteiger partial charge in [-0.1, -0.05) is 36.4 Å². The number of nitrogens with zero attached hydrogens (tertiary/aromatic N) is 2. The first kappa shape index (κ1) is 14.3. The van der Waals surface area contributed by atoms with E-state index in [9.17, 15) is 4.79 Å². The van der Waals surface area contributed by atoms with E-state index < -0.39 is 0 Å². The first-order valence-corrected chi connectivity index (χ1v) is 7.39. The molecule has 4 nitrogen and oxygen atoms in total. The van der Waals surface area contributed by atoms with Crippen LogP contribution in [-0.2, 0) is 17.6 Å². The van der Waals surface area contributed by atoms with Crippen LogP contribution in [0.5, 0.6) is 0 Å². The fraction of sp³-hybridized carbons (Fsp3) is 0.167. The maximum Gasteiger partial charge on any atom is 0.224 e. The van der Waals surface area contributed by atoms with Crippen molar-refractivity contribution >= 4 is 11.4 Å². The van der Waals surface area contributed by atoms with Crippen LogP contribution in [0.4, 0.5) is 0 Å². The summed E-state index contributed by atoms with van der Waals surface area (Å²) in [6, 6.07) is 16.1. The number of nitrogens with one attached hydrogen (secondary N) is 1. The normalized spacial score (nSPS) is 10.7. The lowest BCUT2D eigenvalue weighted by Crippen LogP contribution is -2.26. The summed E-state index contributed by atoms with van der Waals surface area (Å²) < 4.78 is 1.99. The molecule has 0 unspecified atom stereocenters. The van der Waals surface area contributed by atoms with Crippen LogP contribution in [0, 0.1) is 6.42 Å². The van der Waals surface area contributed by atoms with Gasteiger partial charge in [-0.2, -0.15) is 0 Å². The second kappa shape index (κ2) is 6.89. The standard InChI is InChI=1S/C18H18N3O/c22-18(19-12-11-15-6-2-1-3-7-15)10-9-17-20-14-16-8-4-5-13-21(16)17/h1-8,10,13-14H,9,11-12H2,(H,19,22). The second-order valence-electron chi connectivity index (χ2n) is 5.10. The van der Waals surface area contributed by atoms with Gasteiger partial charge in [-0.15, -0.1) is 0 Å². The zero-order chi connectivity index (χ0) is 15.2. The Morgan fingerprint density at radius 3 is 2.82 bits per heavy atom. The third kappa shape index (κ3) is 3.52. The first-order chi connectivity index (χ1) is 10.8. The topological polar surface area (TPSA) is 46.4 Å². The molecule has 2 heterocycles. The largest absolute Gasteiger partial charge is 0.355 e. The minimum Gasteiger partial charge on any atom is -0.355 e. The van der Waals surface area contributed by atoms with Crippen LogP contribution >= 0.6 is 0 Å². The molecule has 2 aromatic heterocycles. The summed E-state index contributed by atoms with van der Waals surface area (Å²) in [5.41, 5.74) is 2.26. The molecule has 0 bridgehead atoms. The lowest BCUT2D eigenvalue weighted by Gasteiger charge is -2.05. The molecule has 0 saturated heterocycles.